The molecule has 140 valence electrons. The van der Waals surface area contributed by atoms with Gasteiger partial charge in [-0.25, -0.2) is 14.3 Å². The zero-order valence-corrected chi connectivity index (χ0v) is 15.3. The minimum Gasteiger partial charge on any atom is -0.363 e. The van der Waals surface area contributed by atoms with Crippen LogP contribution in [0.15, 0.2) is 12.3 Å². The van der Waals surface area contributed by atoms with E-state index in [-0.39, 0.29) is 11.7 Å². The van der Waals surface area contributed by atoms with Crippen LogP contribution in [0, 0.1) is 0 Å². The highest BCUT2D eigenvalue weighted by Gasteiger charge is 2.23. The average molecular weight is 359 g/mol. The molecule has 0 saturated carbocycles. The maximum atomic E-state index is 11.4. The summed E-state index contributed by atoms with van der Waals surface area (Å²) in [6.45, 7) is 2.96. The number of hydrogen-bond donors (Lipinski definition) is 1. The van der Waals surface area contributed by atoms with Crippen LogP contribution in [-0.4, -0.2) is 43.4 Å². The summed E-state index contributed by atoms with van der Waals surface area (Å²) in [4.78, 5) is 28.0. The summed E-state index contributed by atoms with van der Waals surface area (Å²) in [7, 11) is 1.79. The molecular weight excluding hydrogens is 334 g/mol. The predicted molar refractivity (Wildman–Crippen MR) is 95.7 cm³/mol. The van der Waals surface area contributed by atoms with E-state index in [9.17, 15) is 9.59 Å². The highest BCUT2D eigenvalue weighted by atomic mass is 16.2. The molecule has 2 aromatic rings. The number of aryl methyl sites for hydroxylation is 2. The van der Waals surface area contributed by atoms with Gasteiger partial charge in [0.1, 0.15) is 11.6 Å². The Morgan fingerprint density at radius 1 is 1.35 bits per heavy atom. The van der Waals surface area contributed by atoms with Crippen LogP contribution >= 0.6 is 0 Å². The van der Waals surface area contributed by atoms with Crippen molar-refractivity contribution in [2.24, 2.45) is 5.73 Å². The number of carbonyl (C=O) groups excluding carboxylic acids is 2. The van der Waals surface area contributed by atoms with E-state index in [0.29, 0.717) is 12.5 Å². The summed E-state index contributed by atoms with van der Waals surface area (Å²) in [6.07, 6.45) is 7.40. The number of rotatable bonds is 2. The van der Waals surface area contributed by atoms with Gasteiger partial charge in [0.25, 0.3) is 5.91 Å². The number of carbonyl (C=O) groups is 2. The summed E-state index contributed by atoms with van der Waals surface area (Å²) in [5.41, 5.74) is 5.14. The van der Waals surface area contributed by atoms with Crippen molar-refractivity contribution in [1.29, 1.82) is 0 Å². The maximum Gasteiger partial charge on any atom is 0.288 e. The van der Waals surface area contributed by atoms with Gasteiger partial charge < -0.3 is 10.6 Å². The molecule has 0 spiro atoms. The number of aromatic nitrogens is 5. The average Bonchev–Trinajstić information content (AvgIpc) is 3.25. The van der Waals surface area contributed by atoms with Gasteiger partial charge in [-0.2, -0.15) is 5.10 Å². The lowest BCUT2D eigenvalue weighted by atomic mass is 10.0. The SMILES string of the molecule is CCC1CCCc2nc(C(N)=O)nn21.CN1C(=O)CCCn2nccc21. The number of anilines is 1. The monoisotopic (exact) mass is 359 g/mol. The van der Waals surface area contributed by atoms with Crippen LogP contribution in [0.2, 0.25) is 0 Å². The Hall–Kier alpha value is -2.71. The molecule has 0 fully saturated rings. The van der Waals surface area contributed by atoms with Gasteiger partial charge in [-0.1, -0.05) is 6.92 Å². The first-order valence-electron chi connectivity index (χ1n) is 9.04. The van der Waals surface area contributed by atoms with E-state index in [4.69, 9.17) is 5.73 Å². The van der Waals surface area contributed by atoms with Gasteiger partial charge in [0.15, 0.2) is 0 Å². The topological polar surface area (TPSA) is 112 Å². The summed E-state index contributed by atoms with van der Waals surface area (Å²) in [5, 5.41) is 8.26. The second-order valence-electron chi connectivity index (χ2n) is 6.58. The van der Waals surface area contributed by atoms with Crippen molar-refractivity contribution in [3.8, 4) is 0 Å². The maximum absolute atomic E-state index is 11.4. The molecule has 0 bridgehead atoms. The molecule has 0 aliphatic carbocycles. The lowest BCUT2D eigenvalue weighted by Gasteiger charge is -2.21. The van der Waals surface area contributed by atoms with E-state index >= 15 is 0 Å². The molecular formula is C17H25N7O2. The van der Waals surface area contributed by atoms with Gasteiger partial charge >= 0.3 is 0 Å². The molecule has 26 heavy (non-hydrogen) atoms. The second-order valence-corrected chi connectivity index (χ2v) is 6.58. The largest absolute Gasteiger partial charge is 0.363 e. The molecule has 2 aromatic heterocycles. The molecule has 9 nitrogen and oxygen atoms in total. The number of amides is 2. The fourth-order valence-corrected chi connectivity index (χ4v) is 3.38. The first-order valence-corrected chi connectivity index (χ1v) is 9.04. The van der Waals surface area contributed by atoms with Gasteiger partial charge in [-0.15, -0.1) is 5.10 Å². The smallest absolute Gasteiger partial charge is 0.288 e. The predicted octanol–water partition coefficient (Wildman–Crippen LogP) is 1.30. The standard InChI is InChI=1S/C9H14N4O.C8H11N3O/c1-2-6-4-3-5-7-11-9(8(10)14)12-13(6)7;1-10-7-4-5-9-11(7)6-2-3-8(10)12/h6H,2-5H2,1H3,(H2,10,14);4-5H,2-3,6H2,1H3. The van der Waals surface area contributed by atoms with Gasteiger partial charge in [0, 0.05) is 32.5 Å². The van der Waals surface area contributed by atoms with Crippen molar-refractivity contribution in [1.82, 2.24) is 24.5 Å². The number of nitrogens with zero attached hydrogens (tertiary/aromatic N) is 6. The zero-order chi connectivity index (χ0) is 18.7. The Bertz CT molecular complexity index is 795. The Labute approximate surface area is 152 Å². The Morgan fingerprint density at radius 2 is 2.15 bits per heavy atom. The van der Waals surface area contributed by atoms with E-state index in [1.165, 1.54) is 0 Å². The van der Waals surface area contributed by atoms with Crippen LogP contribution in [0.3, 0.4) is 0 Å². The zero-order valence-electron chi connectivity index (χ0n) is 15.3. The van der Waals surface area contributed by atoms with Crippen molar-refractivity contribution in [3.05, 3.63) is 23.9 Å². The normalized spacial score (nSPS) is 19.1. The minimum absolute atomic E-state index is 0.153. The van der Waals surface area contributed by atoms with Crippen LogP contribution in [-0.2, 0) is 17.8 Å². The van der Waals surface area contributed by atoms with E-state index in [0.717, 1.165) is 50.3 Å². The van der Waals surface area contributed by atoms with Crippen LogP contribution in [0.5, 0.6) is 0 Å². The molecule has 2 aliphatic heterocycles. The van der Waals surface area contributed by atoms with Crippen molar-refractivity contribution in [2.75, 3.05) is 11.9 Å². The van der Waals surface area contributed by atoms with E-state index in [2.05, 4.69) is 22.1 Å². The van der Waals surface area contributed by atoms with Crippen molar-refractivity contribution in [3.63, 3.8) is 0 Å². The number of fused-ring (bicyclic) bond motifs is 2. The first kappa shape index (κ1) is 18.1. The molecule has 0 saturated heterocycles. The molecule has 4 heterocycles. The molecule has 4 rings (SSSR count). The fraction of sp³-hybridized carbons (Fsp3) is 0.588. The highest BCUT2D eigenvalue weighted by molar-refractivity contribution is 5.92. The summed E-state index contributed by atoms with van der Waals surface area (Å²) in [6, 6.07) is 2.25. The van der Waals surface area contributed by atoms with Gasteiger partial charge in [0.05, 0.1) is 12.2 Å². The van der Waals surface area contributed by atoms with Gasteiger partial charge in [-0.05, 0) is 25.7 Å². The molecule has 0 radical (unpaired) electrons. The van der Waals surface area contributed by atoms with Gasteiger partial charge in [-0.3, -0.25) is 9.59 Å². The highest BCUT2D eigenvalue weighted by Crippen LogP contribution is 2.25. The third-order valence-corrected chi connectivity index (χ3v) is 4.85. The van der Waals surface area contributed by atoms with E-state index in [1.54, 1.807) is 18.1 Å². The van der Waals surface area contributed by atoms with Crippen molar-refractivity contribution in [2.45, 2.75) is 58.0 Å². The van der Waals surface area contributed by atoms with Crippen LogP contribution in [0.1, 0.15) is 61.5 Å². The summed E-state index contributed by atoms with van der Waals surface area (Å²) >= 11 is 0. The molecule has 2 aliphatic rings. The number of nitrogens with two attached hydrogens (primary N) is 1. The molecule has 9 heteroatoms. The fourth-order valence-electron chi connectivity index (χ4n) is 3.38. The summed E-state index contributed by atoms with van der Waals surface area (Å²) < 4.78 is 3.73. The van der Waals surface area contributed by atoms with E-state index < -0.39 is 5.91 Å². The number of primary amides is 1. The summed E-state index contributed by atoms with van der Waals surface area (Å²) in [5.74, 6) is 1.59. The molecule has 2 N–H and O–H groups in total. The lowest BCUT2D eigenvalue weighted by Crippen LogP contribution is -2.25. The number of hydrogen-bond acceptors (Lipinski definition) is 5. The first-order chi connectivity index (χ1) is 12.5. The van der Waals surface area contributed by atoms with Crippen molar-refractivity contribution < 1.29 is 9.59 Å². The van der Waals surface area contributed by atoms with Crippen LogP contribution < -0.4 is 10.6 Å². The Balaban J connectivity index is 0.000000152. The third-order valence-electron chi connectivity index (χ3n) is 4.85. The Kier molecular flexibility index (Phi) is 5.34. The van der Waals surface area contributed by atoms with Crippen LogP contribution in [0.4, 0.5) is 5.82 Å². The van der Waals surface area contributed by atoms with Crippen molar-refractivity contribution >= 4 is 17.6 Å². The lowest BCUT2D eigenvalue weighted by molar-refractivity contribution is -0.118. The minimum atomic E-state index is -0.540. The molecule has 2 amide bonds. The third kappa shape index (κ3) is 3.61. The molecule has 1 atom stereocenters. The quantitative estimate of drug-likeness (QED) is 0.868. The Morgan fingerprint density at radius 3 is 2.88 bits per heavy atom. The van der Waals surface area contributed by atoms with Crippen LogP contribution in [0.25, 0.3) is 0 Å². The van der Waals surface area contributed by atoms with Gasteiger partial charge in [0.2, 0.25) is 11.7 Å². The second kappa shape index (κ2) is 7.67. The molecule has 0 aromatic carbocycles. The molecule has 1 unspecified atom stereocenters. The van der Waals surface area contributed by atoms with E-state index in [1.807, 2.05) is 15.4 Å².